The average molecular weight is 381 g/mol. The van der Waals surface area contributed by atoms with Gasteiger partial charge in [0.05, 0.1) is 19.8 Å². The molecule has 0 aromatic heterocycles. The van der Waals surface area contributed by atoms with E-state index in [1.807, 2.05) is 13.8 Å². The van der Waals surface area contributed by atoms with E-state index in [2.05, 4.69) is 4.74 Å². The normalized spacial score (nSPS) is 11.8. The van der Waals surface area contributed by atoms with Gasteiger partial charge in [0.15, 0.2) is 0 Å². The van der Waals surface area contributed by atoms with Crippen molar-refractivity contribution in [2.45, 2.75) is 18.7 Å². The lowest BCUT2D eigenvalue weighted by Crippen LogP contribution is -2.39. The molecule has 24 heavy (non-hydrogen) atoms. The Bertz CT molecular complexity index is 676. The Morgan fingerprint density at radius 1 is 1.29 bits per heavy atom. The summed E-state index contributed by atoms with van der Waals surface area (Å²) in [5.41, 5.74) is 5.52. The average Bonchev–Trinajstić information content (AvgIpc) is 2.52. The minimum atomic E-state index is -3.77. The summed E-state index contributed by atoms with van der Waals surface area (Å²) in [6, 6.07) is 4.08. The smallest absolute Gasteiger partial charge is 0.337 e. The van der Waals surface area contributed by atoms with Crippen LogP contribution in [0.4, 0.5) is 0 Å². The molecule has 0 spiro atoms. The van der Waals surface area contributed by atoms with Crippen molar-refractivity contribution in [1.29, 1.82) is 0 Å². The van der Waals surface area contributed by atoms with Gasteiger partial charge in [-0.15, -0.1) is 12.4 Å². The highest BCUT2D eigenvalue weighted by atomic mass is 35.5. The van der Waals surface area contributed by atoms with E-state index >= 15 is 0 Å². The fourth-order valence-corrected chi connectivity index (χ4v) is 3.54. The maximum absolute atomic E-state index is 12.7. The highest BCUT2D eigenvalue weighted by Gasteiger charge is 2.30. The predicted molar refractivity (Wildman–Crippen MR) is 94.2 cm³/mol. The molecule has 0 saturated carbocycles. The van der Waals surface area contributed by atoms with Crippen molar-refractivity contribution < 1.29 is 22.7 Å². The lowest BCUT2D eigenvalue weighted by Gasteiger charge is -2.28. The Labute approximate surface area is 149 Å². The van der Waals surface area contributed by atoms with Crippen molar-refractivity contribution in [2.75, 3.05) is 34.4 Å². The van der Waals surface area contributed by atoms with Crippen LogP contribution in [-0.4, -0.2) is 53.0 Å². The van der Waals surface area contributed by atoms with E-state index in [0.717, 1.165) is 0 Å². The third-order valence-corrected chi connectivity index (χ3v) is 5.32. The Morgan fingerprint density at radius 3 is 2.33 bits per heavy atom. The van der Waals surface area contributed by atoms with Gasteiger partial charge in [-0.25, -0.2) is 17.5 Å². The quantitative estimate of drug-likeness (QED) is 0.720. The Balaban J connectivity index is 0.00000529. The van der Waals surface area contributed by atoms with Crippen LogP contribution in [0.25, 0.3) is 0 Å². The monoisotopic (exact) mass is 380 g/mol. The second-order valence-corrected chi connectivity index (χ2v) is 8.00. The Morgan fingerprint density at radius 2 is 1.88 bits per heavy atom. The fraction of sp³-hybridized carbons (Fsp3) is 0.533. The molecular formula is C15H25ClN2O5S. The van der Waals surface area contributed by atoms with Gasteiger partial charge >= 0.3 is 5.97 Å². The van der Waals surface area contributed by atoms with Crippen molar-refractivity contribution in [3.8, 4) is 5.75 Å². The standard InChI is InChI=1S/C15H24N2O5S.ClH/c1-15(2,9-16)10-17(3)23(19,20)13-7-6-11(14(18)22-5)8-12(13)21-4;/h6-8H,9-10,16H2,1-5H3;1H. The van der Waals surface area contributed by atoms with Crippen LogP contribution in [0.15, 0.2) is 23.1 Å². The number of hydrogen-bond acceptors (Lipinski definition) is 6. The van der Waals surface area contributed by atoms with E-state index in [0.29, 0.717) is 6.54 Å². The van der Waals surface area contributed by atoms with E-state index in [-0.39, 0.29) is 40.6 Å². The number of nitrogens with zero attached hydrogens (tertiary/aromatic N) is 1. The molecule has 0 aliphatic heterocycles. The van der Waals surface area contributed by atoms with Gasteiger partial charge in [0.25, 0.3) is 0 Å². The number of carbonyl (C=O) groups is 1. The molecule has 0 aliphatic rings. The van der Waals surface area contributed by atoms with Crippen LogP contribution in [0, 0.1) is 5.41 Å². The minimum Gasteiger partial charge on any atom is -0.495 e. The van der Waals surface area contributed by atoms with Crippen LogP contribution in [-0.2, 0) is 14.8 Å². The molecule has 1 rings (SSSR count). The third kappa shape index (κ3) is 5.07. The molecule has 138 valence electrons. The summed E-state index contributed by atoms with van der Waals surface area (Å²) in [5.74, 6) is -0.477. The van der Waals surface area contributed by atoms with Crippen molar-refractivity contribution in [1.82, 2.24) is 4.31 Å². The predicted octanol–water partition coefficient (Wildman–Crippen LogP) is 1.51. The maximum atomic E-state index is 12.7. The number of hydrogen-bond donors (Lipinski definition) is 1. The van der Waals surface area contributed by atoms with Gasteiger partial charge in [-0.3, -0.25) is 0 Å². The molecule has 0 bridgehead atoms. The number of carbonyl (C=O) groups excluding carboxylic acids is 1. The summed E-state index contributed by atoms with van der Waals surface area (Å²) >= 11 is 0. The summed E-state index contributed by atoms with van der Waals surface area (Å²) in [6.07, 6.45) is 0. The molecule has 1 aromatic rings. The molecular weight excluding hydrogens is 356 g/mol. The van der Waals surface area contributed by atoms with Gasteiger partial charge in [0.1, 0.15) is 10.6 Å². The number of methoxy groups -OCH3 is 2. The number of benzene rings is 1. The van der Waals surface area contributed by atoms with Gasteiger partial charge in [-0.2, -0.15) is 0 Å². The van der Waals surface area contributed by atoms with Crippen molar-refractivity contribution in [3.63, 3.8) is 0 Å². The van der Waals surface area contributed by atoms with Gasteiger partial charge in [-0.05, 0) is 30.2 Å². The van der Waals surface area contributed by atoms with E-state index < -0.39 is 16.0 Å². The highest BCUT2D eigenvalue weighted by molar-refractivity contribution is 7.89. The summed E-state index contributed by atoms with van der Waals surface area (Å²) in [7, 11) is 0.312. The molecule has 0 unspecified atom stereocenters. The topological polar surface area (TPSA) is 98.9 Å². The summed E-state index contributed by atoms with van der Waals surface area (Å²) in [5, 5.41) is 0. The molecule has 0 aliphatic carbocycles. The van der Waals surface area contributed by atoms with Crippen LogP contribution in [0.1, 0.15) is 24.2 Å². The fourth-order valence-electron chi connectivity index (χ4n) is 2.05. The molecule has 0 fully saturated rings. The maximum Gasteiger partial charge on any atom is 0.337 e. The minimum absolute atomic E-state index is 0. The first-order valence-electron chi connectivity index (χ1n) is 7.02. The molecule has 7 nitrogen and oxygen atoms in total. The van der Waals surface area contributed by atoms with Crippen LogP contribution >= 0.6 is 12.4 Å². The largest absolute Gasteiger partial charge is 0.495 e. The first-order chi connectivity index (χ1) is 10.6. The highest BCUT2D eigenvalue weighted by Crippen LogP contribution is 2.29. The lowest BCUT2D eigenvalue weighted by atomic mass is 9.94. The second kappa shape index (κ2) is 8.66. The van der Waals surface area contributed by atoms with Crippen LogP contribution in [0.3, 0.4) is 0 Å². The summed E-state index contributed by atoms with van der Waals surface area (Å²) in [6.45, 7) is 4.38. The van der Waals surface area contributed by atoms with Gasteiger partial charge in [0.2, 0.25) is 10.0 Å². The van der Waals surface area contributed by atoms with Crippen molar-refractivity contribution in [2.24, 2.45) is 11.1 Å². The number of sulfonamides is 1. The number of nitrogens with two attached hydrogens (primary N) is 1. The van der Waals surface area contributed by atoms with Gasteiger partial charge in [-0.1, -0.05) is 13.8 Å². The van der Waals surface area contributed by atoms with E-state index in [1.54, 1.807) is 0 Å². The van der Waals surface area contributed by atoms with E-state index in [9.17, 15) is 13.2 Å². The number of halogens is 1. The van der Waals surface area contributed by atoms with Crippen molar-refractivity contribution in [3.05, 3.63) is 23.8 Å². The molecule has 1 aromatic carbocycles. The number of esters is 1. The molecule has 0 radical (unpaired) electrons. The van der Waals surface area contributed by atoms with Crippen LogP contribution in [0.2, 0.25) is 0 Å². The molecule has 0 saturated heterocycles. The summed E-state index contributed by atoms with van der Waals surface area (Å²) < 4.78 is 36.5. The Hall–Kier alpha value is -1.35. The van der Waals surface area contributed by atoms with E-state index in [4.69, 9.17) is 10.5 Å². The molecule has 9 heteroatoms. The summed E-state index contributed by atoms with van der Waals surface area (Å²) in [4.78, 5) is 11.5. The first kappa shape index (κ1) is 22.6. The van der Waals surface area contributed by atoms with Gasteiger partial charge < -0.3 is 15.2 Å². The van der Waals surface area contributed by atoms with Crippen LogP contribution in [0.5, 0.6) is 5.75 Å². The zero-order valence-electron chi connectivity index (χ0n) is 14.5. The third-order valence-electron chi connectivity index (χ3n) is 3.48. The van der Waals surface area contributed by atoms with E-state index in [1.165, 1.54) is 43.8 Å². The first-order valence-corrected chi connectivity index (χ1v) is 8.46. The molecule has 2 N–H and O–H groups in total. The van der Waals surface area contributed by atoms with Gasteiger partial charge in [0, 0.05) is 13.6 Å². The Kier molecular flexibility index (Phi) is 8.17. The zero-order chi connectivity index (χ0) is 17.8. The number of rotatable bonds is 7. The number of ether oxygens (including phenoxy) is 2. The molecule has 0 atom stereocenters. The van der Waals surface area contributed by atoms with Crippen molar-refractivity contribution >= 4 is 28.4 Å². The van der Waals surface area contributed by atoms with Crippen LogP contribution < -0.4 is 10.5 Å². The lowest BCUT2D eigenvalue weighted by molar-refractivity contribution is 0.0600. The second-order valence-electron chi connectivity index (χ2n) is 5.99. The molecule has 0 amide bonds. The SMILES string of the molecule is COC(=O)c1ccc(S(=O)(=O)N(C)CC(C)(C)CN)c(OC)c1.Cl. The zero-order valence-corrected chi connectivity index (χ0v) is 16.2. The molecule has 0 heterocycles.